The summed E-state index contributed by atoms with van der Waals surface area (Å²) >= 11 is 0. The molecular formula is C10H12N4O. The fourth-order valence-corrected chi connectivity index (χ4v) is 1.29. The second-order valence-electron chi connectivity index (χ2n) is 3.02. The maximum absolute atomic E-state index is 5.66. The monoisotopic (exact) mass is 204 g/mol. The number of nitrogen functional groups attached to an aromatic ring is 1. The summed E-state index contributed by atoms with van der Waals surface area (Å²) in [6.45, 7) is 0. The van der Waals surface area contributed by atoms with Gasteiger partial charge in [0.05, 0.1) is 19.0 Å². The van der Waals surface area contributed by atoms with Gasteiger partial charge in [-0.2, -0.15) is 5.10 Å². The minimum Gasteiger partial charge on any atom is -0.495 e. The lowest BCUT2D eigenvalue weighted by Gasteiger charge is -2.09. The van der Waals surface area contributed by atoms with E-state index in [1.807, 2.05) is 24.3 Å². The van der Waals surface area contributed by atoms with Gasteiger partial charge in [0.25, 0.3) is 0 Å². The molecule has 0 fully saturated rings. The number of H-pyrrole nitrogens is 1. The van der Waals surface area contributed by atoms with E-state index in [1.54, 1.807) is 13.3 Å². The summed E-state index contributed by atoms with van der Waals surface area (Å²) in [4.78, 5) is 0. The van der Waals surface area contributed by atoms with E-state index in [0.717, 1.165) is 17.1 Å². The van der Waals surface area contributed by atoms with Crippen LogP contribution in [0.15, 0.2) is 30.5 Å². The molecule has 0 radical (unpaired) electrons. The van der Waals surface area contributed by atoms with E-state index in [2.05, 4.69) is 15.5 Å². The van der Waals surface area contributed by atoms with Crippen molar-refractivity contribution < 1.29 is 4.74 Å². The van der Waals surface area contributed by atoms with Gasteiger partial charge in [0, 0.05) is 0 Å². The molecule has 2 rings (SSSR count). The molecule has 0 unspecified atom stereocenters. The van der Waals surface area contributed by atoms with Crippen LogP contribution in [0, 0.1) is 0 Å². The van der Waals surface area contributed by atoms with Gasteiger partial charge in [-0.1, -0.05) is 12.1 Å². The topological polar surface area (TPSA) is 76.0 Å². The van der Waals surface area contributed by atoms with E-state index in [0.29, 0.717) is 5.82 Å². The Kier molecular flexibility index (Phi) is 2.45. The van der Waals surface area contributed by atoms with Gasteiger partial charge >= 0.3 is 0 Å². The molecule has 5 nitrogen and oxygen atoms in total. The van der Waals surface area contributed by atoms with E-state index in [1.165, 1.54) is 0 Å². The molecule has 2 aromatic rings. The summed E-state index contributed by atoms with van der Waals surface area (Å²) < 4.78 is 5.20. The highest BCUT2D eigenvalue weighted by molar-refractivity contribution is 5.72. The molecule has 1 heterocycles. The number of aromatic nitrogens is 2. The summed E-state index contributed by atoms with van der Waals surface area (Å²) in [5, 5.41) is 9.60. The summed E-state index contributed by atoms with van der Waals surface area (Å²) in [6, 6.07) is 7.60. The highest BCUT2D eigenvalue weighted by Crippen LogP contribution is 2.28. The van der Waals surface area contributed by atoms with E-state index in [4.69, 9.17) is 10.5 Å². The Labute approximate surface area is 87.3 Å². The van der Waals surface area contributed by atoms with E-state index in [-0.39, 0.29) is 0 Å². The van der Waals surface area contributed by atoms with Gasteiger partial charge in [0.2, 0.25) is 0 Å². The van der Waals surface area contributed by atoms with Crippen molar-refractivity contribution in [2.45, 2.75) is 0 Å². The third-order valence-corrected chi connectivity index (χ3v) is 2.05. The molecule has 0 amide bonds. The Morgan fingerprint density at radius 1 is 1.33 bits per heavy atom. The van der Waals surface area contributed by atoms with Gasteiger partial charge in [-0.25, -0.2) is 0 Å². The fourth-order valence-electron chi connectivity index (χ4n) is 1.29. The Hall–Kier alpha value is -2.17. The summed E-state index contributed by atoms with van der Waals surface area (Å²) in [5.41, 5.74) is 7.25. The number of aromatic amines is 1. The molecule has 4 N–H and O–H groups in total. The van der Waals surface area contributed by atoms with Crippen LogP contribution in [0.1, 0.15) is 0 Å². The zero-order valence-corrected chi connectivity index (χ0v) is 8.32. The third kappa shape index (κ3) is 1.85. The number of ether oxygens (including phenoxy) is 1. The van der Waals surface area contributed by atoms with Crippen LogP contribution < -0.4 is 15.8 Å². The van der Waals surface area contributed by atoms with E-state index in [9.17, 15) is 0 Å². The smallest absolute Gasteiger partial charge is 0.143 e. The number of anilines is 3. The summed E-state index contributed by atoms with van der Waals surface area (Å²) in [7, 11) is 1.62. The van der Waals surface area contributed by atoms with E-state index < -0.39 is 0 Å². The number of nitrogens with one attached hydrogen (secondary N) is 2. The first kappa shape index (κ1) is 9.39. The van der Waals surface area contributed by atoms with Crippen LogP contribution >= 0.6 is 0 Å². The van der Waals surface area contributed by atoms with Gasteiger partial charge < -0.3 is 15.8 Å². The molecule has 0 atom stereocenters. The Balaban J connectivity index is 2.28. The zero-order chi connectivity index (χ0) is 10.7. The zero-order valence-electron chi connectivity index (χ0n) is 8.32. The van der Waals surface area contributed by atoms with Crippen molar-refractivity contribution in [3.8, 4) is 5.75 Å². The fraction of sp³-hybridized carbons (Fsp3) is 0.100. The van der Waals surface area contributed by atoms with Crippen molar-refractivity contribution in [1.82, 2.24) is 10.2 Å². The Morgan fingerprint density at radius 3 is 2.80 bits per heavy atom. The van der Waals surface area contributed by atoms with Crippen LogP contribution in [0.5, 0.6) is 5.75 Å². The van der Waals surface area contributed by atoms with Crippen molar-refractivity contribution in [1.29, 1.82) is 0 Å². The lowest BCUT2D eigenvalue weighted by Crippen LogP contribution is -1.96. The molecule has 0 aliphatic rings. The van der Waals surface area contributed by atoms with Gasteiger partial charge in [0.1, 0.15) is 17.3 Å². The highest BCUT2D eigenvalue weighted by Gasteiger charge is 2.05. The highest BCUT2D eigenvalue weighted by atomic mass is 16.5. The molecule has 0 saturated carbocycles. The SMILES string of the molecule is COc1ccccc1Nc1cn[nH]c1N. The van der Waals surface area contributed by atoms with Crippen LogP contribution in [0.25, 0.3) is 0 Å². The average molecular weight is 204 g/mol. The molecule has 1 aromatic carbocycles. The molecule has 78 valence electrons. The number of para-hydroxylation sites is 2. The molecule has 0 saturated heterocycles. The predicted molar refractivity (Wildman–Crippen MR) is 59.3 cm³/mol. The standard InChI is InChI=1S/C10H12N4O/c1-15-9-5-3-2-4-7(9)13-8-6-12-14-10(8)11/h2-6,13H,1H3,(H3,11,12,14). The van der Waals surface area contributed by atoms with Crippen LogP contribution in [0.3, 0.4) is 0 Å². The number of nitrogens with zero attached hydrogens (tertiary/aromatic N) is 1. The number of nitrogens with two attached hydrogens (primary N) is 1. The number of hydrogen-bond acceptors (Lipinski definition) is 4. The lowest BCUT2D eigenvalue weighted by molar-refractivity contribution is 0.417. The molecule has 15 heavy (non-hydrogen) atoms. The Morgan fingerprint density at radius 2 is 2.13 bits per heavy atom. The summed E-state index contributed by atoms with van der Waals surface area (Å²) in [5.74, 6) is 1.26. The van der Waals surface area contributed by atoms with Crippen molar-refractivity contribution in [2.75, 3.05) is 18.2 Å². The third-order valence-electron chi connectivity index (χ3n) is 2.05. The maximum Gasteiger partial charge on any atom is 0.143 e. The van der Waals surface area contributed by atoms with E-state index >= 15 is 0 Å². The molecular weight excluding hydrogens is 192 g/mol. The second kappa shape index (κ2) is 3.91. The number of rotatable bonds is 3. The molecule has 0 aliphatic heterocycles. The van der Waals surface area contributed by atoms with Gasteiger partial charge in [-0.05, 0) is 12.1 Å². The van der Waals surface area contributed by atoms with Gasteiger partial charge in [-0.3, -0.25) is 5.10 Å². The minimum absolute atomic E-state index is 0.501. The van der Waals surface area contributed by atoms with Crippen LogP contribution in [0.4, 0.5) is 17.2 Å². The predicted octanol–water partition coefficient (Wildman–Crippen LogP) is 1.74. The first-order valence-electron chi connectivity index (χ1n) is 4.50. The quantitative estimate of drug-likeness (QED) is 0.711. The second-order valence-corrected chi connectivity index (χ2v) is 3.02. The molecule has 1 aromatic heterocycles. The number of hydrogen-bond donors (Lipinski definition) is 3. The lowest BCUT2D eigenvalue weighted by atomic mass is 10.3. The maximum atomic E-state index is 5.66. The van der Waals surface area contributed by atoms with Gasteiger partial charge in [0.15, 0.2) is 0 Å². The average Bonchev–Trinajstić information content (AvgIpc) is 2.65. The van der Waals surface area contributed by atoms with Gasteiger partial charge in [-0.15, -0.1) is 0 Å². The largest absolute Gasteiger partial charge is 0.495 e. The Bertz CT molecular complexity index is 452. The molecule has 0 spiro atoms. The normalized spacial score (nSPS) is 9.93. The molecule has 5 heteroatoms. The van der Waals surface area contributed by atoms with Crippen LogP contribution in [-0.4, -0.2) is 17.3 Å². The van der Waals surface area contributed by atoms with Crippen molar-refractivity contribution >= 4 is 17.2 Å². The minimum atomic E-state index is 0.501. The first-order chi connectivity index (χ1) is 7.31. The first-order valence-corrected chi connectivity index (χ1v) is 4.50. The number of methoxy groups -OCH3 is 1. The summed E-state index contributed by atoms with van der Waals surface area (Å²) in [6.07, 6.45) is 1.63. The number of benzene rings is 1. The van der Waals surface area contributed by atoms with Crippen LogP contribution in [-0.2, 0) is 0 Å². The van der Waals surface area contributed by atoms with Crippen LogP contribution in [0.2, 0.25) is 0 Å². The molecule has 0 aliphatic carbocycles. The van der Waals surface area contributed by atoms with Crippen molar-refractivity contribution in [3.63, 3.8) is 0 Å². The van der Waals surface area contributed by atoms with Crippen molar-refractivity contribution in [2.24, 2.45) is 0 Å². The van der Waals surface area contributed by atoms with Crippen molar-refractivity contribution in [3.05, 3.63) is 30.5 Å². The molecule has 0 bridgehead atoms.